The van der Waals surface area contributed by atoms with E-state index < -0.39 is 12.2 Å². The first-order chi connectivity index (χ1) is 11.1. The van der Waals surface area contributed by atoms with Gasteiger partial charge in [0.05, 0.1) is 25.3 Å². The van der Waals surface area contributed by atoms with Crippen LogP contribution >= 0.6 is 0 Å². The van der Waals surface area contributed by atoms with Crippen molar-refractivity contribution < 1.29 is 24.2 Å². The van der Waals surface area contributed by atoms with Gasteiger partial charge in [-0.05, 0) is 39.5 Å². The van der Waals surface area contributed by atoms with E-state index in [0.29, 0.717) is 32.1 Å². The zero-order valence-electron chi connectivity index (χ0n) is 13.9. The van der Waals surface area contributed by atoms with Crippen LogP contribution in [0.4, 0.5) is 9.59 Å². The third-order valence-corrected chi connectivity index (χ3v) is 3.09. The first-order valence-electron chi connectivity index (χ1n) is 7.97. The van der Waals surface area contributed by atoms with Gasteiger partial charge in [-0.3, -0.25) is 0 Å². The fourth-order valence-corrected chi connectivity index (χ4v) is 2.05. The van der Waals surface area contributed by atoms with Gasteiger partial charge in [0.2, 0.25) is 0 Å². The van der Waals surface area contributed by atoms with Crippen LogP contribution in [-0.2, 0) is 9.47 Å². The quantitative estimate of drug-likeness (QED) is 0.470. The van der Waals surface area contributed by atoms with Gasteiger partial charge in [-0.25, -0.2) is 20.0 Å². The van der Waals surface area contributed by atoms with Crippen molar-refractivity contribution in [2.24, 2.45) is 0 Å². The SMILES string of the molecule is CCOC(=O)NN(C(=O)OCC)[C@@H](CCCO)CCCCC#N. The van der Waals surface area contributed by atoms with Gasteiger partial charge >= 0.3 is 12.2 Å². The first kappa shape index (κ1) is 21.0. The van der Waals surface area contributed by atoms with Gasteiger partial charge in [-0.2, -0.15) is 5.26 Å². The van der Waals surface area contributed by atoms with Gasteiger partial charge < -0.3 is 14.6 Å². The molecule has 0 aromatic heterocycles. The van der Waals surface area contributed by atoms with Crippen LogP contribution < -0.4 is 5.43 Å². The Hall–Kier alpha value is -2.01. The molecule has 0 aromatic rings. The summed E-state index contributed by atoms with van der Waals surface area (Å²) in [6, 6.07) is 1.74. The topological polar surface area (TPSA) is 112 Å². The minimum Gasteiger partial charge on any atom is -0.449 e. The van der Waals surface area contributed by atoms with Gasteiger partial charge in [0.1, 0.15) is 0 Å². The zero-order valence-corrected chi connectivity index (χ0v) is 13.9. The van der Waals surface area contributed by atoms with Crippen LogP contribution in [0.25, 0.3) is 0 Å². The molecule has 0 radical (unpaired) electrons. The number of nitrogens with zero attached hydrogens (tertiary/aromatic N) is 2. The number of hydrogen-bond acceptors (Lipinski definition) is 6. The molecular weight excluding hydrogens is 302 g/mol. The molecule has 132 valence electrons. The molecule has 0 aromatic carbocycles. The summed E-state index contributed by atoms with van der Waals surface area (Å²) < 4.78 is 9.78. The fraction of sp³-hybridized carbons (Fsp3) is 0.800. The predicted molar refractivity (Wildman–Crippen MR) is 83.2 cm³/mol. The Labute approximate surface area is 137 Å². The smallest absolute Gasteiger partial charge is 0.429 e. The van der Waals surface area contributed by atoms with E-state index in [1.807, 2.05) is 0 Å². The van der Waals surface area contributed by atoms with Crippen molar-refractivity contribution in [3.05, 3.63) is 0 Å². The highest BCUT2D eigenvalue weighted by Gasteiger charge is 2.26. The maximum atomic E-state index is 12.1. The lowest BCUT2D eigenvalue weighted by Crippen LogP contribution is -2.52. The average molecular weight is 329 g/mol. The van der Waals surface area contributed by atoms with Crippen molar-refractivity contribution in [2.45, 2.75) is 58.4 Å². The van der Waals surface area contributed by atoms with Crippen LogP contribution in [0.5, 0.6) is 0 Å². The number of rotatable bonds is 10. The minimum atomic E-state index is -0.730. The second-order valence-electron chi connectivity index (χ2n) is 4.82. The van der Waals surface area contributed by atoms with Gasteiger partial charge in [0, 0.05) is 13.0 Å². The Kier molecular flexibility index (Phi) is 12.4. The number of aliphatic hydroxyl groups excluding tert-OH is 1. The van der Waals surface area contributed by atoms with E-state index in [4.69, 9.17) is 19.8 Å². The molecule has 0 aliphatic rings. The third kappa shape index (κ3) is 9.58. The summed E-state index contributed by atoms with van der Waals surface area (Å²) in [5, 5.41) is 18.7. The lowest BCUT2D eigenvalue weighted by atomic mass is 10.0. The van der Waals surface area contributed by atoms with Crippen LogP contribution in [0.15, 0.2) is 0 Å². The van der Waals surface area contributed by atoms with Crippen LogP contribution in [0.3, 0.4) is 0 Å². The Bertz CT molecular complexity index is 384. The number of carbonyl (C=O) groups is 2. The second-order valence-corrected chi connectivity index (χ2v) is 4.82. The molecule has 1 atom stereocenters. The molecule has 2 N–H and O–H groups in total. The number of unbranched alkanes of at least 4 members (excludes halogenated alkanes) is 2. The van der Waals surface area contributed by atoms with E-state index in [0.717, 1.165) is 11.4 Å². The normalized spacial score (nSPS) is 11.2. The van der Waals surface area contributed by atoms with Gasteiger partial charge in [0.15, 0.2) is 0 Å². The summed E-state index contributed by atoms with van der Waals surface area (Å²) in [5.41, 5.74) is 2.40. The first-order valence-corrected chi connectivity index (χ1v) is 7.97. The molecule has 8 heteroatoms. The van der Waals surface area contributed by atoms with Crippen LogP contribution in [0.2, 0.25) is 0 Å². The number of hydrogen-bond donors (Lipinski definition) is 2. The van der Waals surface area contributed by atoms with E-state index in [-0.39, 0.29) is 25.9 Å². The van der Waals surface area contributed by atoms with E-state index in [2.05, 4.69) is 11.5 Å². The van der Waals surface area contributed by atoms with E-state index >= 15 is 0 Å². The van der Waals surface area contributed by atoms with Gasteiger partial charge in [-0.1, -0.05) is 6.42 Å². The summed E-state index contributed by atoms with van der Waals surface area (Å²) in [7, 11) is 0. The number of ether oxygens (including phenoxy) is 2. The summed E-state index contributed by atoms with van der Waals surface area (Å²) in [5.74, 6) is 0. The van der Waals surface area contributed by atoms with E-state index in [1.165, 1.54) is 0 Å². The maximum Gasteiger partial charge on any atom is 0.429 e. The van der Waals surface area contributed by atoms with Crippen LogP contribution in [0, 0.1) is 11.3 Å². The lowest BCUT2D eigenvalue weighted by molar-refractivity contribution is 0.0488. The van der Waals surface area contributed by atoms with E-state index in [1.54, 1.807) is 13.8 Å². The van der Waals surface area contributed by atoms with Crippen LogP contribution in [-0.4, -0.2) is 48.2 Å². The minimum absolute atomic E-state index is 0.00916. The zero-order chi connectivity index (χ0) is 17.5. The summed E-state index contributed by atoms with van der Waals surface area (Å²) >= 11 is 0. The number of hydrazine groups is 1. The molecule has 0 bridgehead atoms. The highest BCUT2D eigenvalue weighted by Crippen LogP contribution is 2.15. The average Bonchev–Trinajstić information content (AvgIpc) is 2.53. The molecule has 0 rings (SSSR count). The van der Waals surface area contributed by atoms with Crippen molar-refractivity contribution in [3.63, 3.8) is 0 Å². The Morgan fingerprint density at radius 2 is 1.83 bits per heavy atom. The number of carbonyl (C=O) groups excluding carboxylic acids is 2. The summed E-state index contributed by atoms with van der Waals surface area (Å²) in [6.45, 7) is 3.70. The number of amides is 2. The van der Waals surface area contributed by atoms with Crippen molar-refractivity contribution in [3.8, 4) is 6.07 Å². The maximum absolute atomic E-state index is 12.1. The lowest BCUT2D eigenvalue weighted by Gasteiger charge is -2.30. The Morgan fingerprint density at radius 3 is 2.39 bits per heavy atom. The van der Waals surface area contributed by atoms with Gasteiger partial charge in [0.25, 0.3) is 0 Å². The van der Waals surface area contributed by atoms with Crippen LogP contribution in [0.1, 0.15) is 52.4 Å². The van der Waals surface area contributed by atoms with Gasteiger partial charge in [-0.15, -0.1) is 0 Å². The molecule has 0 saturated carbocycles. The Morgan fingerprint density at radius 1 is 1.17 bits per heavy atom. The molecule has 0 unspecified atom stereocenters. The number of nitriles is 1. The molecule has 0 fully saturated rings. The monoisotopic (exact) mass is 329 g/mol. The van der Waals surface area contributed by atoms with Crippen molar-refractivity contribution in [1.82, 2.24) is 10.4 Å². The highest BCUT2D eigenvalue weighted by atomic mass is 16.6. The molecule has 0 heterocycles. The molecule has 0 spiro atoms. The molecule has 2 amide bonds. The molecule has 0 aliphatic heterocycles. The molecular formula is C15H27N3O5. The molecule has 0 aliphatic carbocycles. The predicted octanol–water partition coefficient (Wildman–Crippen LogP) is 2.33. The van der Waals surface area contributed by atoms with Crippen molar-refractivity contribution in [2.75, 3.05) is 19.8 Å². The molecule has 8 nitrogen and oxygen atoms in total. The molecule has 23 heavy (non-hydrogen) atoms. The summed E-state index contributed by atoms with van der Waals surface area (Å²) in [6.07, 6.45) is 2.07. The largest absolute Gasteiger partial charge is 0.449 e. The van der Waals surface area contributed by atoms with E-state index in [9.17, 15) is 9.59 Å². The number of aliphatic hydroxyl groups is 1. The second kappa shape index (κ2) is 13.6. The Balaban J connectivity index is 4.89. The van der Waals surface area contributed by atoms with Crippen molar-refractivity contribution >= 4 is 12.2 Å². The fourth-order valence-electron chi connectivity index (χ4n) is 2.05. The summed E-state index contributed by atoms with van der Waals surface area (Å²) in [4.78, 5) is 23.7. The van der Waals surface area contributed by atoms with Crippen molar-refractivity contribution in [1.29, 1.82) is 5.26 Å². The highest BCUT2D eigenvalue weighted by molar-refractivity contribution is 5.74. The third-order valence-electron chi connectivity index (χ3n) is 3.09. The molecule has 0 saturated heterocycles. The number of nitrogens with one attached hydrogen (secondary N) is 1. The standard InChI is InChI=1S/C15H27N3O5/c1-3-22-14(20)17-18(15(21)23-4-2)13(10-8-12-19)9-6-5-7-11-16/h13,19H,3-10,12H2,1-2H3,(H,17,20)/t13-/m1/s1.